The highest BCUT2D eigenvalue weighted by molar-refractivity contribution is 5.64. The van der Waals surface area contributed by atoms with E-state index < -0.39 is 6.09 Å². The molecule has 5 N–H and O–H groups in total. The van der Waals surface area contributed by atoms with E-state index in [1.165, 1.54) is 32.1 Å². The van der Waals surface area contributed by atoms with Crippen molar-refractivity contribution in [1.29, 1.82) is 0 Å². The summed E-state index contributed by atoms with van der Waals surface area (Å²) in [5.41, 5.74) is 14.1. The van der Waals surface area contributed by atoms with Gasteiger partial charge in [0, 0.05) is 24.0 Å². The van der Waals surface area contributed by atoms with Gasteiger partial charge in [-0.1, -0.05) is 55.4 Å². The molecule has 7 rings (SSSR count). The minimum atomic E-state index is -0.715. The van der Waals surface area contributed by atoms with E-state index in [9.17, 15) is 4.79 Å². The largest absolute Gasteiger partial charge is 0.443 e. The van der Waals surface area contributed by atoms with Crippen molar-refractivity contribution >= 4 is 6.09 Å². The number of nitrogens with one attached hydrogen (secondary N) is 1. The lowest BCUT2D eigenvalue weighted by molar-refractivity contribution is -0.256. The summed E-state index contributed by atoms with van der Waals surface area (Å²) in [5.74, 6) is 1.03. The molecule has 5 aliphatic carbocycles. The summed E-state index contributed by atoms with van der Waals surface area (Å²) in [7, 11) is 0. The molecule has 44 heavy (non-hydrogen) atoms. The lowest BCUT2D eigenvalue weighted by Crippen LogP contribution is -2.69. The fourth-order valence-corrected chi connectivity index (χ4v) is 13.6. The van der Waals surface area contributed by atoms with Crippen molar-refractivity contribution in [3.63, 3.8) is 0 Å². The number of hydrogen-bond donors (Lipinski definition) is 3. The summed E-state index contributed by atoms with van der Waals surface area (Å²) in [6.07, 6.45) is 9.13. The molecule has 0 aromatic rings. The summed E-state index contributed by atoms with van der Waals surface area (Å²) in [4.78, 5) is 11.8. The van der Waals surface area contributed by atoms with Crippen LogP contribution in [0.3, 0.4) is 0 Å². The Morgan fingerprint density at radius 2 is 1.77 bits per heavy atom. The second kappa shape index (κ2) is 9.81. The number of primary amides is 1. The van der Waals surface area contributed by atoms with Crippen molar-refractivity contribution in [2.75, 3.05) is 19.7 Å². The SMILES string of the molecule is CC(C)C(OC(N)=O)C1CC(C)C2(C)C(CC3(N)C4CCC5(C)C(C)(C)C(OC6CNCCO6)CCC56CC46CCC32C)O1. The van der Waals surface area contributed by atoms with E-state index in [0.717, 1.165) is 45.4 Å². The zero-order valence-electron chi connectivity index (χ0n) is 28.8. The fraction of sp³-hybridized carbons (Fsp3) is 0.972. The van der Waals surface area contributed by atoms with E-state index in [0.29, 0.717) is 22.7 Å². The predicted octanol–water partition coefficient (Wildman–Crippen LogP) is 5.75. The molecule has 7 aliphatic rings. The number of ether oxygens (including phenoxy) is 4. The molecule has 2 spiro atoms. The Kier molecular flexibility index (Phi) is 7.06. The Balaban J connectivity index is 1.18. The van der Waals surface area contributed by atoms with E-state index in [4.69, 9.17) is 30.4 Å². The number of morpholine rings is 1. The van der Waals surface area contributed by atoms with Crippen molar-refractivity contribution in [3.05, 3.63) is 0 Å². The van der Waals surface area contributed by atoms with Crippen LogP contribution in [0.25, 0.3) is 0 Å². The highest BCUT2D eigenvalue weighted by atomic mass is 16.7. The van der Waals surface area contributed by atoms with Crippen LogP contribution in [0.2, 0.25) is 0 Å². The second-order valence-corrected chi connectivity index (χ2v) is 18.0. The molecule has 7 fully saturated rings. The molecule has 13 atom stereocenters. The minimum absolute atomic E-state index is 0.0124. The minimum Gasteiger partial charge on any atom is -0.443 e. The first-order valence-corrected chi connectivity index (χ1v) is 17.9. The standard InChI is InChI=1S/C36H61N3O5/c1-21(2)28(44-29(37)40)23-17-22(3)33(8)26(42-23)18-36(38)24-9-11-31(6)30(4,5)25(43-27-19-39-15-16-41-27)10-12-35(31)20-34(24,35)14-13-32(33,36)7/h21-28,39H,9-20,38H2,1-8H3,(H2,37,40). The van der Waals surface area contributed by atoms with Crippen LogP contribution in [-0.2, 0) is 18.9 Å². The monoisotopic (exact) mass is 615 g/mol. The predicted molar refractivity (Wildman–Crippen MR) is 170 cm³/mol. The molecule has 0 bridgehead atoms. The van der Waals surface area contributed by atoms with Gasteiger partial charge in [-0.25, -0.2) is 4.79 Å². The maximum absolute atomic E-state index is 11.8. The summed E-state index contributed by atoms with van der Waals surface area (Å²) in [6, 6.07) is 0. The molecule has 1 amide bonds. The maximum atomic E-state index is 11.8. The molecule has 2 heterocycles. The second-order valence-electron chi connectivity index (χ2n) is 18.0. The number of fused-ring (bicyclic) bond motifs is 4. The van der Waals surface area contributed by atoms with Crippen LogP contribution in [0.4, 0.5) is 4.79 Å². The van der Waals surface area contributed by atoms with Crippen LogP contribution >= 0.6 is 0 Å². The van der Waals surface area contributed by atoms with E-state index in [1.807, 2.05) is 0 Å². The normalized spacial score (nSPS) is 54.7. The number of carbonyl (C=O) groups is 1. The molecular weight excluding hydrogens is 554 g/mol. The highest BCUT2D eigenvalue weighted by Gasteiger charge is 2.87. The Morgan fingerprint density at radius 3 is 2.43 bits per heavy atom. The number of amides is 1. The van der Waals surface area contributed by atoms with Crippen LogP contribution in [0.15, 0.2) is 0 Å². The van der Waals surface area contributed by atoms with Gasteiger partial charge in [-0.3, -0.25) is 0 Å². The quantitative estimate of drug-likeness (QED) is 0.360. The lowest BCUT2D eigenvalue weighted by Gasteiger charge is -2.68. The van der Waals surface area contributed by atoms with E-state index in [1.54, 1.807) is 0 Å². The Hall–Kier alpha value is -0.930. The third-order valence-electron chi connectivity index (χ3n) is 16.7. The molecular formula is C36H61N3O5. The molecule has 5 saturated carbocycles. The first-order chi connectivity index (χ1) is 20.5. The third-order valence-corrected chi connectivity index (χ3v) is 16.7. The first kappa shape index (κ1) is 31.7. The van der Waals surface area contributed by atoms with Gasteiger partial charge in [0.1, 0.15) is 6.10 Å². The molecule has 0 aromatic carbocycles. The van der Waals surface area contributed by atoms with Gasteiger partial charge < -0.3 is 35.7 Å². The van der Waals surface area contributed by atoms with Gasteiger partial charge in [0.2, 0.25) is 0 Å². The Morgan fingerprint density at radius 1 is 1.02 bits per heavy atom. The zero-order chi connectivity index (χ0) is 31.7. The fourth-order valence-electron chi connectivity index (χ4n) is 13.6. The molecule has 0 aromatic heterocycles. The Bertz CT molecular complexity index is 1170. The topological polar surface area (TPSA) is 118 Å². The van der Waals surface area contributed by atoms with Crippen LogP contribution in [0, 0.1) is 50.2 Å². The summed E-state index contributed by atoms with van der Waals surface area (Å²) in [6.45, 7) is 21.6. The van der Waals surface area contributed by atoms with Crippen molar-refractivity contribution in [3.8, 4) is 0 Å². The number of carbonyl (C=O) groups excluding carboxylic acids is 1. The van der Waals surface area contributed by atoms with Gasteiger partial charge >= 0.3 is 6.09 Å². The van der Waals surface area contributed by atoms with Crippen molar-refractivity contribution in [2.24, 2.45) is 61.7 Å². The van der Waals surface area contributed by atoms with Crippen LogP contribution < -0.4 is 16.8 Å². The van der Waals surface area contributed by atoms with Crippen LogP contribution in [0.5, 0.6) is 0 Å². The molecule has 0 radical (unpaired) electrons. The number of hydrogen-bond acceptors (Lipinski definition) is 7. The average Bonchev–Trinajstić information content (AvgIpc) is 3.59. The maximum Gasteiger partial charge on any atom is 0.404 e. The van der Waals surface area contributed by atoms with E-state index in [-0.39, 0.29) is 63.8 Å². The molecule has 8 nitrogen and oxygen atoms in total. The smallest absolute Gasteiger partial charge is 0.404 e. The molecule has 2 saturated heterocycles. The molecule has 2 aliphatic heterocycles. The average molecular weight is 616 g/mol. The molecule has 13 unspecified atom stereocenters. The van der Waals surface area contributed by atoms with Crippen LogP contribution in [-0.4, -0.2) is 62.0 Å². The Labute approximate surface area is 265 Å². The van der Waals surface area contributed by atoms with Gasteiger partial charge in [-0.05, 0) is 103 Å². The lowest BCUT2D eigenvalue weighted by atomic mass is 9.38. The molecule has 8 heteroatoms. The summed E-state index contributed by atoms with van der Waals surface area (Å²) >= 11 is 0. The van der Waals surface area contributed by atoms with Gasteiger partial charge in [0.15, 0.2) is 6.29 Å². The number of nitrogens with two attached hydrogens (primary N) is 2. The highest BCUT2D eigenvalue weighted by Crippen LogP contribution is 2.91. The van der Waals surface area contributed by atoms with Crippen LogP contribution in [0.1, 0.15) is 113 Å². The zero-order valence-corrected chi connectivity index (χ0v) is 28.8. The van der Waals surface area contributed by atoms with E-state index in [2.05, 4.69) is 60.7 Å². The molecule has 250 valence electrons. The summed E-state index contributed by atoms with van der Waals surface area (Å²) in [5, 5.41) is 3.45. The number of rotatable bonds is 5. The van der Waals surface area contributed by atoms with Gasteiger partial charge in [-0.15, -0.1) is 0 Å². The third kappa shape index (κ3) is 3.67. The van der Waals surface area contributed by atoms with E-state index >= 15 is 0 Å². The van der Waals surface area contributed by atoms with Crippen molar-refractivity contribution in [1.82, 2.24) is 5.32 Å². The van der Waals surface area contributed by atoms with Crippen molar-refractivity contribution < 1.29 is 23.7 Å². The van der Waals surface area contributed by atoms with Gasteiger partial charge in [-0.2, -0.15) is 0 Å². The van der Waals surface area contributed by atoms with Gasteiger partial charge in [0.05, 0.1) is 24.9 Å². The first-order valence-electron chi connectivity index (χ1n) is 17.9. The summed E-state index contributed by atoms with van der Waals surface area (Å²) < 4.78 is 25.5. The van der Waals surface area contributed by atoms with Crippen molar-refractivity contribution in [2.45, 2.75) is 149 Å². The van der Waals surface area contributed by atoms with Gasteiger partial charge in [0.25, 0.3) is 0 Å².